The van der Waals surface area contributed by atoms with Crippen LogP contribution in [-0.2, 0) is 18.4 Å². The van der Waals surface area contributed by atoms with Crippen LogP contribution in [0.4, 0.5) is 5.69 Å². The fourth-order valence-corrected chi connectivity index (χ4v) is 4.85. The van der Waals surface area contributed by atoms with Crippen LogP contribution in [0.25, 0.3) is 10.2 Å². The van der Waals surface area contributed by atoms with Gasteiger partial charge in [0.25, 0.3) is 0 Å². The number of anilines is 1. The van der Waals surface area contributed by atoms with Crippen molar-refractivity contribution in [3.8, 4) is 0 Å². The zero-order valence-corrected chi connectivity index (χ0v) is 17.2. The maximum Gasteiger partial charge on any atom is 0.307 e. The molecule has 4 rings (SSSR count). The first-order chi connectivity index (χ1) is 13.5. The molecule has 0 unspecified atom stereocenters. The Morgan fingerprint density at radius 3 is 2.93 bits per heavy atom. The van der Waals surface area contributed by atoms with Crippen LogP contribution in [0.15, 0.2) is 47.3 Å². The molecule has 0 saturated carbocycles. The summed E-state index contributed by atoms with van der Waals surface area (Å²) in [7, 11) is 1.76. The van der Waals surface area contributed by atoms with Gasteiger partial charge >= 0.3 is 4.87 Å². The van der Waals surface area contributed by atoms with Crippen molar-refractivity contribution in [3.63, 3.8) is 0 Å². The lowest BCUT2D eigenvalue weighted by Gasteiger charge is -2.32. The Hall–Kier alpha value is -2.15. The zero-order valence-electron chi connectivity index (χ0n) is 15.7. The molecule has 5 nitrogen and oxygen atoms in total. The van der Waals surface area contributed by atoms with E-state index in [2.05, 4.69) is 10.2 Å². The highest BCUT2D eigenvalue weighted by atomic mass is 35.5. The Morgan fingerprint density at radius 1 is 1.29 bits per heavy atom. The Labute approximate surface area is 172 Å². The Kier molecular flexibility index (Phi) is 5.53. The second-order valence-corrected chi connectivity index (χ2v) is 8.66. The SMILES string of the molecule is Cn1c(=O)sc2cc(NC(=O)[C@@H]3CCCN(Cc4ccccc4Cl)C3)ccc21. The van der Waals surface area contributed by atoms with Gasteiger partial charge in [-0.2, -0.15) is 0 Å². The molecule has 1 fully saturated rings. The molecule has 1 aliphatic rings. The minimum Gasteiger partial charge on any atom is -0.326 e. The maximum absolute atomic E-state index is 12.8. The molecule has 3 aromatic rings. The van der Waals surface area contributed by atoms with Crippen molar-refractivity contribution in [1.29, 1.82) is 0 Å². The Balaban J connectivity index is 1.43. The number of amides is 1. The molecule has 0 aliphatic carbocycles. The number of hydrogen-bond acceptors (Lipinski definition) is 4. The van der Waals surface area contributed by atoms with Crippen molar-refractivity contribution < 1.29 is 4.79 Å². The van der Waals surface area contributed by atoms with Gasteiger partial charge in [0.15, 0.2) is 0 Å². The molecule has 7 heteroatoms. The summed E-state index contributed by atoms with van der Waals surface area (Å²) < 4.78 is 2.51. The van der Waals surface area contributed by atoms with Gasteiger partial charge in [0.1, 0.15) is 0 Å². The monoisotopic (exact) mass is 415 g/mol. The van der Waals surface area contributed by atoms with Gasteiger partial charge in [-0.1, -0.05) is 41.1 Å². The number of nitrogens with one attached hydrogen (secondary N) is 1. The van der Waals surface area contributed by atoms with E-state index in [0.717, 1.165) is 59.0 Å². The van der Waals surface area contributed by atoms with Crippen molar-refractivity contribution in [1.82, 2.24) is 9.47 Å². The molecule has 1 N–H and O–H groups in total. The standard InChI is InChI=1S/C21H22ClN3O2S/c1-24-18-9-8-16(11-19(18)28-21(24)27)23-20(26)15-6-4-10-25(13-15)12-14-5-2-3-7-17(14)22/h2-3,5,7-9,11,15H,4,6,10,12-13H2,1H3,(H,23,26)/t15-/m1/s1. The van der Waals surface area contributed by atoms with Crippen molar-refractivity contribution in [2.24, 2.45) is 13.0 Å². The highest BCUT2D eigenvalue weighted by molar-refractivity contribution is 7.16. The number of benzene rings is 2. The number of hydrogen-bond donors (Lipinski definition) is 1. The summed E-state index contributed by atoms with van der Waals surface area (Å²) in [4.78, 5) is 26.9. The van der Waals surface area contributed by atoms with Crippen LogP contribution in [0.2, 0.25) is 5.02 Å². The normalized spacial score (nSPS) is 17.7. The summed E-state index contributed by atoms with van der Waals surface area (Å²) in [5.74, 6) is -0.0204. The number of fused-ring (bicyclic) bond motifs is 1. The number of carbonyl (C=O) groups is 1. The van der Waals surface area contributed by atoms with E-state index in [0.29, 0.717) is 0 Å². The minimum atomic E-state index is -0.0542. The quantitative estimate of drug-likeness (QED) is 0.697. The zero-order chi connectivity index (χ0) is 19.7. The van der Waals surface area contributed by atoms with E-state index < -0.39 is 0 Å². The lowest BCUT2D eigenvalue weighted by atomic mass is 9.96. The van der Waals surface area contributed by atoms with Crippen molar-refractivity contribution >= 4 is 44.7 Å². The van der Waals surface area contributed by atoms with Gasteiger partial charge < -0.3 is 9.88 Å². The Bertz CT molecular complexity index is 1070. The van der Waals surface area contributed by atoms with Gasteiger partial charge in [-0.05, 0) is 49.2 Å². The summed E-state index contributed by atoms with van der Waals surface area (Å²) in [5.41, 5.74) is 2.72. The van der Waals surface area contributed by atoms with Gasteiger partial charge in [-0.25, -0.2) is 0 Å². The van der Waals surface area contributed by atoms with Crippen LogP contribution < -0.4 is 10.2 Å². The number of likely N-dealkylation sites (tertiary alicyclic amines) is 1. The number of rotatable bonds is 4. The van der Waals surface area contributed by atoms with E-state index in [4.69, 9.17) is 11.6 Å². The minimum absolute atomic E-state index is 0.000900. The fourth-order valence-electron chi connectivity index (χ4n) is 3.74. The number of carbonyl (C=O) groups excluding carboxylic acids is 1. The summed E-state index contributed by atoms with van der Waals surface area (Å²) >= 11 is 7.48. The number of halogens is 1. The molecule has 0 bridgehead atoms. The van der Waals surface area contributed by atoms with Crippen LogP contribution in [0.5, 0.6) is 0 Å². The lowest BCUT2D eigenvalue weighted by Crippen LogP contribution is -2.40. The number of aromatic nitrogens is 1. The van der Waals surface area contributed by atoms with Gasteiger partial charge in [0, 0.05) is 30.8 Å². The van der Waals surface area contributed by atoms with Crippen LogP contribution in [0, 0.1) is 5.92 Å². The third-order valence-electron chi connectivity index (χ3n) is 5.29. The molecule has 2 heterocycles. The van der Waals surface area contributed by atoms with Crippen LogP contribution >= 0.6 is 22.9 Å². The Morgan fingerprint density at radius 2 is 2.11 bits per heavy atom. The first-order valence-corrected chi connectivity index (χ1v) is 10.6. The van der Waals surface area contributed by atoms with Crippen LogP contribution in [0.3, 0.4) is 0 Å². The predicted octanol–water partition coefficient (Wildman–Crippen LogP) is 4.10. The summed E-state index contributed by atoms with van der Waals surface area (Å²) in [5, 5.41) is 3.80. The third kappa shape index (κ3) is 3.99. The molecule has 1 aromatic heterocycles. The van der Waals surface area contributed by atoms with Crippen molar-refractivity contribution in [2.45, 2.75) is 19.4 Å². The van der Waals surface area contributed by atoms with E-state index in [1.165, 1.54) is 11.3 Å². The maximum atomic E-state index is 12.8. The largest absolute Gasteiger partial charge is 0.326 e. The number of nitrogens with zero attached hydrogens (tertiary/aromatic N) is 2. The number of thiazole rings is 1. The van der Waals surface area contributed by atoms with Gasteiger partial charge in [0.2, 0.25) is 5.91 Å². The summed E-state index contributed by atoms with van der Waals surface area (Å²) in [6.07, 6.45) is 1.87. The second kappa shape index (κ2) is 8.07. The molecule has 1 aliphatic heterocycles. The van der Waals surface area contributed by atoms with Crippen molar-refractivity contribution in [2.75, 3.05) is 18.4 Å². The molecule has 0 radical (unpaired) electrons. The average molecular weight is 416 g/mol. The smallest absolute Gasteiger partial charge is 0.307 e. The van der Waals surface area contributed by atoms with Crippen LogP contribution in [-0.4, -0.2) is 28.5 Å². The molecule has 146 valence electrons. The van der Waals surface area contributed by atoms with E-state index >= 15 is 0 Å². The fraction of sp³-hybridized carbons (Fsp3) is 0.333. The van der Waals surface area contributed by atoms with E-state index in [-0.39, 0.29) is 16.7 Å². The molecule has 2 aromatic carbocycles. The molecular formula is C21H22ClN3O2S. The summed E-state index contributed by atoms with van der Waals surface area (Å²) in [6, 6.07) is 13.5. The predicted molar refractivity (Wildman–Crippen MR) is 115 cm³/mol. The topological polar surface area (TPSA) is 54.3 Å². The van der Waals surface area contributed by atoms with E-state index in [1.54, 1.807) is 11.6 Å². The van der Waals surface area contributed by atoms with Crippen LogP contribution in [0.1, 0.15) is 18.4 Å². The van der Waals surface area contributed by atoms with Gasteiger partial charge in [0.05, 0.1) is 16.1 Å². The first-order valence-electron chi connectivity index (χ1n) is 9.37. The molecular weight excluding hydrogens is 394 g/mol. The molecule has 1 saturated heterocycles. The molecule has 1 amide bonds. The second-order valence-electron chi connectivity index (χ2n) is 7.26. The highest BCUT2D eigenvalue weighted by Crippen LogP contribution is 2.25. The van der Waals surface area contributed by atoms with Crippen molar-refractivity contribution in [3.05, 3.63) is 62.7 Å². The molecule has 0 spiro atoms. The molecule has 28 heavy (non-hydrogen) atoms. The lowest BCUT2D eigenvalue weighted by molar-refractivity contribution is -0.121. The summed E-state index contributed by atoms with van der Waals surface area (Å²) in [6.45, 7) is 2.45. The first kappa shape index (κ1) is 19.2. The number of piperidine rings is 1. The number of aryl methyl sites for hydroxylation is 1. The molecule has 1 atom stereocenters. The van der Waals surface area contributed by atoms with E-state index in [1.807, 2.05) is 42.5 Å². The highest BCUT2D eigenvalue weighted by Gasteiger charge is 2.26. The average Bonchev–Trinajstić information content (AvgIpc) is 2.97. The van der Waals surface area contributed by atoms with E-state index in [9.17, 15) is 9.59 Å². The van der Waals surface area contributed by atoms with Gasteiger partial charge in [-0.3, -0.25) is 14.5 Å². The van der Waals surface area contributed by atoms with Gasteiger partial charge in [-0.15, -0.1) is 0 Å². The third-order valence-corrected chi connectivity index (χ3v) is 6.65.